The van der Waals surface area contributed by atoms with E-state index in [0.29, 0.717) is 6.54 Å². The van der Waals surface area contributed by atoms with Crippen LogP contribution >= 0.6 is 12.6 Å². The molecule has 1 aliphatic carbocycles. The number of thiol groups is 1. The Morgan fingerprint density at radius 1 is 0.943 bits per heavy atom. The van der Waals surface area contributed by atoms with E-state index in [4.69, 9.17) is 14.0 Å². The molecule has 1 aliphatic heterocycles. The first-order valence-electron chi connectivity index (χ1n) is 11.9. The third-order valence-electron chi connectivity index (χ3n) is 7.31. The Kier molecular flexibility index (Phi) is 6.20. The number of rotatable bonds is 5. The average Bonchev–Trinajstić information content (AvgIpc) is 3.25. The SMILES string of the molecule is CC1(C)OB(c2cc(S)cc(CNC(=O)OCC3c4ccccc4-c4ccccc43)c2)OC1(C)C. The minimum absolute atomic E-state index is 0.0314. The van der Waals surface area contributed by atoms with Crippen molar-refractivity contribution in [1.29, 1.82) is 0 Å². The largest absolute Gasteiger partial charge is 0.494 e. The number of alkyl carbamates (subject to hydrolysis) is 1. The van der Waals surface area contributed by atoms with Gasteiger partial charge >= 0.3 is 13.2 Å². The molecular weight excluding hydrogens is 457 g/mol. The van der Waals surface area contributed by atoms with Gasteiger partial charge in [-0.15, -0.1) is 12.6 Å². The second kappa shape index (κ2) is 9.05. The number of carbonyl (C=O) groups excluding carboxylic acids is 1. The van der Waals surface area contributed by atoms with Gasteiger partial charge in [0.05, 0.1) is 11.2 Å². The van der Waals surface area contributed by atoms with Gasteiger partial charge in [-0.2, -0.15) is 0 Å². The fourth-order valence-electron chi connectivity index (χ4n) is 4.74. The molecule has 0 radical (unpaired) electrons. The van der Waals surface area contributed by atoms with E-state index in [1.807, 2.05) is 70.2 Å². The summed E-state index contributed by atoms with van der Waals surface area (Å²) >= 11 is 4.55. The van der Waals surface area contributed by atoms with Crippen molar-refractivity contribution < 1.29 is 18.8 Å². The van der Waals surface area contributed by atoms with Gasteiger partial charge in [-0.3, -0.25) is 0 Å². The molecular formula is C28H30BNO4S. The van der Waals surface area contributed by atoms with Crippen LogP contribution in [0.15, 0.2) is 71.6 Å². The predicted molar refractivity (Wildman–Crippen MR) is 141 cm³/mol. The van der Waals surface area contributed by atoms with Crippen LogP contribution in [-0.4, -0.2) is 31.0 Å². The van der Waals surface area contributed by atoms with Gasteiger partial charge in [-0.05, 0) is 73.1 Å². The van der Waals surface area contributed by atoms with Crippen LogP contribution < -0.4 is 10.8 Å². The summed E-state index contributed by atoms with van der Waals surface area (Å²) in [6, 6.07) is 22.4. The Morgan fingerprint density at radius 2 is 1.51 bits per heavy atom. The molecule has 1 saturated heterocycles. The highest BCUT2D eigenvalue weighted by molar-refractivity contribution is 7.80. The van der Waals surface area contributed by atoms with Crippen LogP contribution in [0.1, 0.15) is 50.3 Å². The van der Waals surface area contributed by atoms with Crippen molar-refractivity contribution in [2.75, 3.05) is 6.61 Å². The molecule has 3 aromatic rings. The average molecular weight is 487 g/mol. The zero-order valence-corrected chi connectivity index (χ0v) is 21.4. The molecule has 180 valence electrons. The number of fused-ring (bicyclic) bond motifs is 3. The summed E-state index contributed by atoms with van der Waals surface area (Å²) in [6.07, 6.45) is -0.450. The van der Waals surface area contributed by atoms with Crippen molar-refractivity contribution in [2.24, 2.45) is 0 Å². The lowest BCUT2D eigenvalue weighted by atomic mass is 9.78. The Balaban J connectivity index is 1.23. The summed E-state index contributed by atoms with van der Waals surface area (Å²) in [6.45, 7) is 8.70. The number of nitrogens with one attached hydrogen (secondary N) is 1. The van der Waals surface area contributed by atoms with Crippen LogP contribution in [0.5, 0.6) is 0 Å². The zero-order chi connectivity index (χ0) is 24.8. The number of carbonyl (C=O) groups is 1. The van der Waals surface area contributed by atoms with Crippen LogP contribution in [0.25, 0.3) is 11.1 Å². The molecule has 2 aliphatic rings. The smallest absolute Gasteiger partial charge is 0.449 e. The highest BCUT2D eigenvalue weighted by Crippen LogP contribution is 2.44. The van der Waals surface area contributed by atoms with Crippen molar-refractivity contribution >= 4 is 31.3 Å². The monoisotopic (exact) mass is 487 g/mol. The lowest BCUT2D eigenvalue weighted by Crippen LogP contribution is -2.41. The van der Waals surface area contributed by atoms with Gasteiger partial charge in [0.2, 0.25) is 0 Å². The second-order valence-corrected chi connectivity index (χ2v) is 10.7. The van der Waals surface area contributed by atoms with Gasteiger partial charge < -0.3 is 19.4 Å². The summed E-state index contributed by atoms with van der Waals surface area (Å²) in [5, 5.41) is 2.87. The van der Waals surface area contributed by atoms with Crippen molar-refractivity contribution in [3.05, 3.63) is 83.4 Å². The van der Waals surface area contributed by atoms with Crippen molar-refractivity contribution in [3.8, 4) is 11.1 Å². The molecule has 1 fully saturated rings. The fraction of sp³-hybridized carbons (Fsp3) is 0.321. The van der Waals surface area contributed by atoms with Gasteiger partial charge in [0.15, 0.2) is 0 Å². The minimum Gasteiger partial charge on any atom is -0.449 e. The molecule has 35 heavy (non-hydrogen) atoms. The lowest BCUT2D eigenvalue weighted by Gasteiger charge is -2.32. The number of amides is 1. The van der Waals surface area contributed by atoms with Gasteiger partial charge in [0.1, 0.15) is 6.61 Å². The van der Waals surface area contributed by atoms with E-state index in [1.165, 1.54) is 22.3 Å². The minimum atomic E-state index is -0.486. The van der Waals surface area contributed by atoms with E-state index >= 15 is 0 Å². The molecule has 1 heterocycles. The first-order valence-corrected chi connectivity index (χ1v) is 12.4. The summed E-state index contributed by atoms with van der Waals surface area (Å²) < 4.78 is 18.0. The molecule has 1 amide bonds. The normalized spacial score (nSPS) is 17.7. The zero-order valence-electron chi connectivity index (χ0n) is 20.5. The molecule has 5 nitrogen and oxygen atoms in total. The van der Waals surface area contributed by atoms with Gasteiger partial charge in [-0.25, -0.2) is 4.79 Å². The highest BCUT2D eigenvalue weighted by atomic mass is 32.1. The van der Waals surface area contributed by atoms with Crippen LogP contribution in [0, 0.1) is 0 Å². The van der Waals surface area contributed by atoms with Crippen LogP contribution in [0.2, 0.25) is 0 Å². The summed E-state index contributed by atoms with van der Waals surface area (Å²) in [4.78, 5) is 13.4. The maximum Gasteiger partial charge on any atom is 0.494 e. The van der Waals surface area contributed by atoms with E-state index < -0.39 is 24.4 Å². The summed E-state index contributed by atoms with van der Waals surface area (Å²) in [7, 11) is -0.486. The Labute approximate surface area is 212 Å². The fourth-order valence-corrected chi connectivity index (χ4v) is 5.06. The number of hydrogen-bond acceptors (Lipinski definition) is 5. The summed E-state index contributed by atoms with van der Waals surface area (Å²) in [5.41, 5.74) is 5.72. The molecule has 5 rings (SSSR count). The molecule has 0 bridgehead atoms. The third kappa shape index (κ3) is 4.60. The molecule has 0 spiro atoms. The summed E-state index contributed by atoms with van der Waals surface area (Å²) in [5.74, 6) is 0.0314. The van der Waals surface area contributed by atoms with E-state index in [-0.39, 0.29) is 12.5 Å². The molecule has 0 aromatic heterocycles. The van der Waals surface area contributed by atoms with Crippen molar-refractivity contribution in [2.45, 2.75) is 56.3 Å². The molecule has 0 atom stereocenters. The lowest BCUT2D eigenvalue weighted by molar-refractivity contribution is 0.00578. The van der Waals surface area contributed by atoms with Gasteiger partial charge in [0.25, 0.3) is 0 Å². The molecule has 7 heteroatoms. The van der Waals surface area contributed by atoms with Crippen LogP contribution in [-0.2, 0) is 20.6 Å². The van der Waals surface area contributed by atoms with E-state index in [2.05, 4.69) is 42.2 Å². The second-order valence-electron chi connectivity index (χ2n) is 10.2. The van der Waals surface area contributed by atoms with Crippen molar-refractivity contribution in [1.82, 2.24) is 5.32 Å². The van der Waals surface area contributed by atoms with Crippen LogP contribution in [0.3, 0.4) is 0 Å². The first-order chi connectivity index (χ1) is 16.6. The van der Waals surface area contributed by atoms with Gasteiger partial charge in [-0.1, -0.05) is 54.6 Å². The van der Waals surface area contributed by atoms with E-state index in [9.17, 15) is 4.79 Å². The first kappa shape index (κ1) is 24.0. The quantitative estimate of drug-likeness (QED) is 0.378. The predicted octanol–water partition coefficient (Wildman–Crippen LogP) is 5.31. The highest BCUT2D eigenvalue weighted by Gasteiger charge is 2.51. The van der Waals surface area contributed by atoms with Crippen molar-refractivity contribution in [3.63, 3.8) is 0 Å². The molecule has 1 N–H and O–H groups in total. The number of benzene rings is 3. The number of ether oxygens (including phenoxy) is 1. The maximum atomic E-state index is 12.6. The Morgan fingerprint density at radius 3 is 2.11 bits per heavy atom. The standard InChI is InChI=1S/C28H30BNO4S/c1-27(2)28(3,4)34-29(33-27)19-13-18(14-20(35)15-19)16-30-26(31)32-17-25-23-11-7-5-9-21(23)22-10-6-8-12-24(22)25/h5-15,25,35H,16-17H2,1-4H3,(H,30,31). The van der Waals surface area contributed by atoms with Crippen LogP contribution in [0.4, 0.5) is 4.79 Å². The molecule has 3 aromatic carbocycles. The van der Waals surface area contributed by atoms with Gasteiger partial charge in [0, 0.05) is 17.4 Å². The Hall–Kier alpha value is -2.74. The third-order valence-corrected chi connectivity index (χ3v) is 7.56. The van der Waals surface area contributed by atoms with E-state index in [1.54, 1.807) is 0 Å². The molecule has 0 unspecified atom stereocenters. The topological polar surface area (TPSA) is 56.8 Å². The Bertz CT molecular complexity index is 1210. The van der Waals surface area contributed by atoms with E-state index in [0.717, 1.165) is 15.9 Å². The maximum absolute atomic E-state index is 12.6. The molecule has 0 saturated carbocycles. The number of hydrogen-bond donors (Lipinski definition) is 2.